The number of H-pyrrole nitrogens is 1. The van der Waals surface area contributed by atoms with Crippen LogP contribution in [0.1, 0.15) is 5.56 Å². The van der Waals surface area contributed by atoms with Crippen molar-refractivity contribution in [3.8, 4) is 51.0 Å². The highest BCUT2D eigenvalue weighted by atomic mass is 15.3. The van der Waals surface area contributed by atoms with Gasteiger partial charge in [0.05, 0.1) is 22.8 Å². The molecule has 0 amide bonds. The summed E-state index contributed by atoms with van der Waals surface area (Å²) in [7, 11) is 0. The Morgan fingerprint density at radius 1 is 0.629 bits per heavy atom. The Bertz CT molecular complexity index is 1510. The molecule has 2 heterocycles. The van der Waals surface area contributed by atoms with Crippen LogP contribution in [0.4, 0.5) is 0 Å². The normalized spacial score (nSPS) is 11.0. The molecule has 2 aromatic heterocycles. The summed E-state index contributed by atoms with van der Waals surface area (Å²) in [6.45, 7) is 2.09. The molecule has 4 nitrogen and oxygen atoms in total. The molecule has 0 unspecified atom stereocenters. The zero-order chi connectivity index (χ0) is 23.6. The van der Waals surface area contributed by atoms with E-state index in [0.29, 0.717) is 0 Å². The lowest BCUT2D eigenvalue weighted by Gasteiger charge is -2.05. The Kier molecular flexibility index (Phi) is 5.32. The van der Waals surface area contributed by atoms with Gasteiger partial charge in [0.25, 0.3) is 0 Å². The Balaban J connectivity index is 1.56. The van der Waals surface area contributed by atoms with Crippen LogP contribution in [0.3, 0.4) is 0 Å². The summed E-state index contributed by atoms with van der Waals surface area (Å²) in [5, 5.41) is 5.00. The molecule has 4 aromatic carbocycles. The minimum atomic E-state index is 0.775. The molecular formula is C31H24N4. The van der Waals surface area contributed by atoms with Crippen LogP contribution in [0.15, 0.2) is 121 Å². The third-order valence-electron chi connectivity index (χ3n) is 6.11. The van der Waals surface area contributed by atoms with Crippen molar-refractivity contribution in [2.75, 3.05) is 0 Å². The van der Waals surface area contributed by atoms with E-state index in [1.165, 1.54) is 5.56 Å². The van der Waals surface area contributed by atoms with Gasteiger partial charge in [-0.3, -0.25) is 0 Å². The molecule has 0 aliphatic rings. The number of aromatic nitrogens is 4. The van der Waals surface area contributed by atoms with Crippen molar-refractivity contribution in [1.82, 2.24) is 19.7 Å². The summed E-state index contributed by atoms with van der Waals surface area (Å²) in [6.07, 6.45) is 0. The molecule has 0 saturated heterocycles. The predicted octanol–water partition coefficient (Wildman–Crippen LogP) is 7.57. The lowest BCUT2D eigenvalue weighted by Crippen LogP contribution is -1.99. The average Bonchev–Trinajstić information content (AvgIpc) is 3.56. The third kappa shape index (κ3) is 4.06. The van der Waals surface area contributed by atoms with Gasteiger partial charge in [-0.2, -0.15) is 5.10 Å². The van der Waals surface area contributed by atoms with E-state index in [-0.39, 0.29) is 0 Å². The van der Waals surface area contributed by atoms with E-state index in [1.807, 2.05) is 59.3 Å². The summed E-state index contributed by atoms with van der Waals surface area (Å²) in [4.78, 5) is 8.74. The molecule has 6 rings (SSSR count). The van der Waals surface area contributed by atoms with Crippen molar-refractivity contribution in [3.63, 3.8) is 0 Å². The molecule has 168 valence electrons. The van der Waals surface area contributed by atoms with Crippen molar-refractivity contribution in [2.24, 2.45) is 0 Å². The van der Waals surface area contributed by atoms with Crippen LogP contribution in [-0.4, -0.2) is 19.7 Å². The molecule has 0 aliphatic heterocycles. The van der Waals surface area contributed by atoms with Crippen molar-refractivity contribution < 1.29 is 0 Å². The molecular weight excluding hydrogens is 428 g/mol. The second kappa shape index (κ2) is 8.92. The summed E-state index contributed by atoms with van der Waals surface area (Å²) >= 11 is 0. The van der Waals surface area contributed by atoms with Crippen LogP contribution in [0.25, 0.3) is 51.0 Å². The van der Waals surface area contributed by atoms with E-state index in [0.717, 1.165) is 51.0 Å². The first-order chi connectivity index (χ1) is 17.3. The van der Waals surface area contributed by atoms with E-state index < -0.39 is 0 Å². The molecule has 0 fully saturated rings. The second-order valence-electron chi connectivity index (χ2n) is 8.57. The summed E-state index contributed by atoms with van der Waals surface area (Å²) < 4.78 is 1.97. The van der Waals surface area contributed by atoms with Gasteiger partial charge in [-0.25, -0.2) is 9.67 Å². The molecule has 1 N–H and O–H groups in total. The quantitative estimate of drug-likeness (QED) is 0.293. The van der Waals surface area contributed by atoms with Gasteiger partial charge in [0.15, 0.2) is 5.82 Å². The lowest BCUT2D eigenvalue weighted by atomic mass is 10.1. The van der Waals surface area contributed by atoms with Crippen LogP contribution < -0.4 is 0 Å². The maximum atomic E-state index is 5.12. The first-order valence-corrected chi connectivity index (χ1v) is 11.7. The minimum absolute atomic E-state index is 0.775. The van der Waals surface area contributed by atoms with E-state index >= 15 is 0 Å². The maximum absolute atomic E-state index is 5.12. The molecule has 6 aromatic rings. The number of benzene rings is 4. The molecule has 0 saturated carbocycles. The second-order valence-corrected chi connectivity index (χ2v) is 8.57. The molecule has 35 heavy (non-hydrogen) atoms. The molecule has 0 bridgehead atoms. The smallest absolute Gasteiger partial charge is 0.157 e. The van der Waals surface area contributed by atoms with Crippen LogP contribution >= 0.6 is 0 Å². The van der Waals surface area contributed by atoms with Gasteiger partial charge in [-0.15, -0.1) is 0 Å². The number of hydrogen-bond donors (Lipinski definition) is 1. The summed E-state index contributed by atoms with van der Waals surface area (Å²) in [6, 6.07) is 41.4. The van der Waals surface area contributed by atoms with Gasteiger partial charge in [0.2, 0.25) is 0 Å². The van der Waals surface area contributed by atoms with Crippen molar-refractivity contribution in [1.29, 1.82) is 0 Å². The highest BCUT2D eigenvalue weighted by molar-refractivity contribution is 5.81. The lowest BCUT2D eigenvalue weighted by molar-refractivity contribution is 0.885. The van der Waals surface area contributed by atoms with Crippen LogP contribution in [-0.2, 0) is 0 Å². The van der Waals surface area contributed by atoms with Gasteiger partial charge in [-0.05, 0) is 25.1 Å². The first-order valence-electron chi connectivity index (χ1n) is 11.7. The minimum Gasteiger partial charge on any atom is -0.336 e. The van der Waals surface area contributed by atoms with Gasteiger partial charge < -0.3 is 4.98 Å². The fourth-order valence-electron chi connectivity index (χ4n) is 4.29. The number of aryl methyl sites for hydroxylation is 1. The molecule has 0 aliphatic carbocycles. The predicted molar refractivity (Wildman–Crippen MR) is 142 cm³/mol. The Morgan fingerprint density at radius 2 is 1.23 bits per heavy atom. The fourth-order valence-corrected chi connectivity index (χ4v) is 4.29. The monoisotopic (exact) mass is 452 g/mol. The van der Waals surface area contributed by atoms with E-state index in [9.17, 15) is 0 Å². The first kappa shape index (κ1) is 20.9. The Morgan fingerprint density at radius 3 is 1.89 bits per heavy atom. The number of rotatable bonds is 5. The van der Waals surface area contributed by atoms with E-state index in [1.54, 1.807) is 0 Å². The summed E-state index contributed by atoms with van der Waals surface area (Å²) in [5.41, 5.74) is 9.17. The number of nitrogens with zero attached hydrogens (tertiary/aromatic N) is 3. The maximum Gasteiger partial charge on any atom is 0.157 e. The van der Waals surface area contributed by atoms with Crippen LogP contribution in [0.2, 0.25) is 0 Å². The number of nitrogens with one attached hydrogen (secondary N) is 1. The van der Waals surface area contributed by atoms with Gasteiger partial charge >= 0.3 is 0 Å². The van der Waals surface area contributed by atoms with E-state index in [2.05, 4.69) is 78.6 Å². The number of para-hydroxylation sites is 1. The fraction of sp³-hybridized carbons (Fsp3) is 0.0323. The third-order valence-corrected chi connectivity index (χ3v) is 6.11. The number of imidazole rings is 1. The largest absolute Gasteiger partial charge is 0.336 e. The van der Waals surface area contributed by atoms with Crippen LogP contribution in [0.5, 0.6) is 0 Å². The standard InChI is InChI=1S/C31H24N4/c1-22-17-19-23(20-18-22)27-21-28(35(34-27)26-15-9-4-10-16-26)31-32-29(24-11-5-2-6-12-24)30(33-31)25-13-7-3-8-14-25/h2-21H,1H3,(H,32,33). The molecule has 0 atom stereocenters. The SMILES string of the molecule is Cc1ccc(-c2cc(-c3nc(-c4ccccc4)c(-c4ccccc4)[nH]3)n(-c3ccccc3)n2)cc1. The number of aromatic amines is 1. The van der Waals surface area contributed by atoms with Gasteiger partial charge in [0, 0.05) is 16.7 Å². The van der Waals surface area contributed by atoms with Crippen molar-refractivity contribution in [3.05, 3.63) is 127 Å². The number of hydrogen-bond acceptors (Lipinski definition) is 2. The summed E-state index contributed by atoms with van der Waals surface area (Å²) in [5.74, 6) is 0.775. The van der Waals surface area contributed by atoms with Crippen LogP contribution in [0, 0.1) is 6.92 Å². The molecule has 4 heteroatoms. The van der Waals surface area contributed by atoms with Crippen molar-refractivity contribution in [2.45, 2.75) is 6.92 Å². The highest BCUT2D eigenvalue weighted by Crippen LogP contribution is 2.35. The van der Waals surface area contributed by atoms with Gasteiger partial charge in [0.1, 0.15) is 5.69 Å². The molecule has 0 radical (unpaired) electrons. The van der Waals surface area contributed by atoms with Gasteiger partial charge in [-0.1, -0.05) is 109 Å². The van der Waals surface area contributed by atoms with E-state index in [4.69, 9.17) is 10.1 Å². The zero-order valence-corrected chi connectivity index (χ0v) is 19.4. The Hall–Kier alpha value is -4.70. The zero-order valence-electron chi connectivity index (χ0n) is 19.4. The Labute approximate surface area is 204 Å². The molecule has 0 spiro atoms. The topological polar surface area (TPSA) is 46.5 Å². The average molecular weight is 453 g/mol. The van der Waals surface area contributed by atoms with Crippen molar-refractivity contribution >= 4 is 0 Å². The highest BCUT2D eigenvalue weighted by Gasteiger charge is 2.20.